The van der Waals surface area contributed by atoms with Gasteiger partial charge in [0.25, 0.3) is 0 Å². The molecule has 6 heteroatoms. The van der Waals surface area contributed by atoms with Crippen LogP contribution in [0.3, 0.4) is 0 Å². The second kappa shape index (κ2) is 7.28. The van der Waals surface area contributed by atoms with E-state index >= 15 is 0 Å². The van der Waals surface area contributed by atoms with Crippen LogP contribution < -0.4 is 15.8 Å². The molecule has 0 atom stereocenters. The monoisotopic (exact) mass is 295 g/mol. The molecular weight excluding hydrogens is 270 g/mol. The van der Waals surface area contributed by atoms with Gasteiger partial charge in [0.15, 0.2) is 0 Å². The fourth-order valence-electron chi connectivity index (χ4n) is 1.73. The molecule has 0 aliphatic rings. The fraction of sp³-hybridized carbons (Fsp3) is 0.533. The summed E-state index contributed by atoms with van der Waals surface area (Å²) in [6.07, 6.45) is 0.317. The predicted octanol–water partition coefficient (Wildman–Crippen LogP) is 1.31. The Kier molecular flexibility index (Phi) is 5.99. The number of anilines is 2. The van der Waals surface area contributed by atoms with Crippen LogP contribution in [0.1, 0.15) is 20.3 Å². The lowest BCUT2D eigenvalue weighted by Crippen LogP contribution is -2.45. The van der Waals surface area contributed by atoms with Crippen molar-refractivity contribution in [2.45, 2.75) is 25.8 Å². The number of nitrogen functional groups attached to an aromatic ring is 1. The standard InChI is InChI=1S/C15H25N3O3/c1-15(2,10-19)18(3)8-7-14(20)17-12-9-11(16)5-6-13(12)21-4/h5-6,9,19H,7-8,10,16H2,1-4H3,(H,17,20). The Labute approximate surface area is 125 Å². The summed E-state index contributed by atoms with van der Waals surface area (Å²) in [6, 6.07) is 5.09. The number of methoxy groups -OCH3 is 1. The Morgan fingerprint density at radius 2 is 2.14 bits per heavy atom. The van der Waals surface area contributed by atoms with E-state index in [1.54, 1.807) is 25.3 Å². The minimum absolute atomic E-state index is 0.0359. The molecule has 0 radical (unpaired) electrons. The van der Waals surface area contributed by atoms with Crippen molar-refractivity contribution < 1.29 is 14.6 Å². The molecule has 0 aliphatic carbocycles. The van der Waals surface area contributed by atoms with E-state index in [0.717, 1.165) is 0 Å². The van der Waals surface area contributed by atoms with E-state index in [0.29, 0.717) is 30.1 Å². The number of nitrogens with two attached hydrogens (primary N) is 1. The molecule has 1 aromatic rings. The Morgan fingerprint density at radius 3 is 2.71 bits per heavy atom. The van der Waals surface area contributed by atoms with Crippen LogP contribution in [0.5, 0.6) is 5.75 Å². The van der Waals surface area contributed by atoms with Gasteiger partial charge in [-0.1, -0.05) is 0 Å². The van der Waals surface area contributed by atoms with E-state index in [1.165, 1.54) is 0 Å². The molecule has 21 heavy (non-hydrogen) atoms. The van der Waals surface area contributed by atoms with E-state index in [9.17, 15) is 9.90 Å². The highest BCUT2D eigenvalue weighted by Gasteiger charge is 2.22. The van der Waals surface area contributed by atoms with Crippen LogP contribution in [-0.2, 0) is 4.79 Å². The van der Waals surface area contributed by atoms with Gasteiger partial charge in [0.05, 0.1) is 19.4 Å². The SMILES string of the molecule is COc1ccc(N)cc1NC(=O)CCN(C)C(C)(C)CO. The average Bonchev–Trinajstić information content (AvgIpc) is 2.45. The lowest BCUT2D eigenvalue weighted by Gasteiger charge is -2.33. The Hall–Kier alpha value is -1.79. The Balaban J connectivity index is 2.61. The topological polar surface area (TPSA) is 87.8 Å². The molecule has 0 unspecified atom stereocenters. The summed E-state index contributed by atoms with van der Waals surface area (Å²) in [5.41, 5.74) is 6.48. The first kappa shape index (κ1) is 17.3. The van der Waals surface area contributed by atoms with Gasteiger partial charge >= 0.3 is 0 Å². The zero-order chi connectivity index (χ0) is 16.0. The van der Waals surface area contributed by atoms with Gasteiger partial charge in [0.1, 0.15) is 5.75 Å². The van der Waals surface area contributed by atoms with Crippen LogP contribution in [0.25, 0.3) is 0 Å². The minimum atomic E-state index is -0.352. The molecule has 0 saturated heterocycles. The van der Waals surface area contributed by atoms with Crippen molar-refractivity contribution in [3.05, 3.63) is 18.2 Å². The molecule has 0 bridgehead atoms. The number of carbonyl (C=O) groups is 1. The number of likely N-dealkylation sites (N-methyl/N-ethyl adjacent to an activating group) is 1. The van der Waals surface area contributed by atoms with Gasteiger partial charge < -0.3 is 20.9 Å². The quantitative estimate of drug-likeness (QED) is 0.660. The number of nitrogens with one attached hydrogen (secondary N) is 1. The van der Waals surface area contributed by atoms with Gasteiger partial charge in [-0.15, -0.1) is 0 Å². The number of hydrogen-bond donors (Lipinski definition) is 3. The third-order valence-corrected chi connectivity index (χ3v) is 3.59. The van der Waals surface area contributed by atoms with E-state index in [1.807, 2.05) is 25.8 Å². The zero-order valence-corrected chi connectivity index (χ0v) is 13.1. The largest absolute Gasteiger partial charge is 0.495 e. The predicted molar refractivity (Wildman–Crippen MR) is 84.4 cm³/mol. The number of benzene rings is 1. The number of ether oxygens (including phenoxy) is 1. The van der Waals surface area contributed by atoms with Crippen LogP contribution in [0.4, 0.5) is 11.4 Å². The van der Waals surface area contributed by atoms with E-state index in [4.69, 9.17) is 10.5 Å². The summed E-state index contributed by atoms with van der Waals surface area (Å²) in [7, 11) is 3.42. The molecule has 6 nitrogen and oxygen atoms in total. The van der Waals surface area contributed by atoms with Crippen LogP contribution in [-0.4, -0.2) is 48.8 Å². The van der Waals surface area contributed by atoms with Crippen molar-refractivity contribution in [2.24, 2.45) is 0 Å². The number of nitrogens with zero attached hydrogens (tertiary/aromatic N) is 1. The summed E-state index contributed by atoms with van der Waals surface area (Å²) in [6.45, 7) is 4.43. The number of aliphatic hydroxyl groups is 1. The van der Waals surface area contributed by atoms with E-state index in [-0.39, 0.29) is 18.1 Å². The fourth-order valence-corrected chi connectivity index (χ4v) is 1.73. The molecule has 1 aromatic carbocycles. The van der Waals surface area contributed by atoms with Crippen molar-refractivity contribution in [1.82, 2.24) is 4.90 Å². The minimum Gasteiger partial charge on any atom is -0.495 e. The number of aliphatic hydroxyl groups excluding tert-OH is 1. The maximum absolute atomic E-state index is 12.0. The van der Waals surface area contributed by atoms with Crippen molar-refractivity contribution in [3.63, 3.8) is 0 Å². The molecule has 0 fully saturated rings. The van der Waals surface area contributed by atoms with Crippen LogP contribution in [0, 0.1) is 0 Å². The summed E-state index contributed by atoms with van der Waals surface area (Å²) in [5.74, 6) is 0.445. The molecule has 0 aliphatic heterocycles. The molecule has 0 heterocycles. The van der Waals surface area contributed by atoms with Crippen molar-refractivity contribution in [3.8, 4) is 5.75 Å². The first-order valence-corrected chi connectivity index (χ1v) is 6.85. The molecule has 1 amide bonds. The maximum Gasteiger partial charge on any atom is 0.225 e. The summed E-state index contributed by atoms with van der Waals surface area (Å²) in [5, 5.41) is 12.1. The highest BCUT2D eigenvalue weighted by molar-refractivity contribution is 5.93. The van der Waals surface area contributed by atoms with Gasteiger partial charge in [-0.2, -0.15) is 0 Å². The molecule has 0 aromatic heterocycles. The first-order valence-electron chi connectivity index (χ1n) is 6.85. The number of hydrogen-bond acceptors (Lipinski definition) is 5. The third-order valence-electron chi connectivity index (χ3n) is 3.59. The third kappa shape index (κ3) is 4.91. The van der Waals surface area contributed by atoms with Crippen LogP contribution in [0.2, 0.25) is 0 Å². The van der Waals surface area contributed by atoms with Gasteiger partial charge in [-0.05, 0) is 39.1 Å². The first-order chi connectivity index (χ1) is 9.80. The number of amides is 1. The molecule has 1 rings (SSSR count). The van der Waals surface area contributed by atoms with Crippen LogP contribution in [0.15, 0.2) is 18.2 Å². The van der Waals surface area contributed by atoms with Crippen molar-refractivity contribution in [1.29, 1.82) is 0 Å². The summed E-state index contributed by atoms with van der Waals surface area (Å²) >= 11 is 0. The lowest BCUT2D eigenvalue weighted by molar-refractivity contribution is -0.116. The van der Waals surface area contributed by atoms with Gasteiger partial charge in [0.2, 0.25) is 5.91 Å². The van der Waals surface area contributed by atoms with Crippen molar-refractivity contribution in [2.75, 3.05) is 38.4 Å². The molecule has 4 N–H and O–H groups in total. The maximum atomic E-state index is 12.0. The van der Waals surface area contributed by atoms with Gasteiger partial charge in [-0.25, -0.2) is 0 Å². The van der Waals surface area contributed by atoms with E-state index in [2.05, 4.69) is 5.32 Å². The second-order valence-electron chi connectivity index (χ2n) is 5.65. The number of rotatable bonds is 7. The zero-order valence-electron chi connectivity index (χ0n) is 13.1. The molecule has 118 valence electrons. The molecule has 0 saturated carbocycles. The Bertz CT molecular complexity index is 489. The highest BCUT2D eigenvalue weighted by atomic mass is 16.5. The summed E-state index contributed by atoms with van der Waals surface area (Å²) < 4.78 is 5.18. The van der Waals surface area contributed by atoms with Crippen LogP contribution >= 0.6 is 0 Å². The summed E-state index contributed by atoms with van der Waals surface area (Å²) in [4.78, 5) is 14.0. The highest BCUT2D eigenvalue weighted by Crippen LogP contribution is 2.26. The van der Waals surface area contributed by atoms with Crippen molar-refractivity contribution >= 4 is 17.3 Å². The lowest BCUT2D eigenvalue weighted by atomic mass is 10.1. The Morgan fingerprint density at radius 1 is 1.48 bits per heavy atom. The van der Waals surface area contributed by atoms with E-state index < -0.39 is 0 Å². The normalized spacial score (nSPS) is 11.5. The average molecular weight is 295 g/mol. The second-order valence-corrected chi connectivity index (χ2v) is 5.65. The van der Waals surface area contributed by atoms with Gasteiger partial charge in [0, 0.05) is 24.2 Å². The smallest absolute Gasteiger partial charge is 0.225 e. The number of carbonyl (C=O) groups excluding carboxylic acids is 1. The molecular formula is C15H25N3O3. The van der Waals surface area contributed by atoms with Gasteiger partial charge in [-0.3, -0.25) is 9.69 Å². The molecule has 0 spiro atoms.